The summed E-state index contributed by atoms with van der Waals surface area (Å²) in [6, 6.07) is 0.679. The van der Waals surface area contributed by atoms with Crippen LogP contribution in [0.25, 0.3) is 0 Å². The Balaban J connectivity index is 1.47. The second-order valence-corrected chi connectivity index (χ2v) is 7.63. The zero-order valence-electron chi connectivity index (χ0n) is 14.9. The normalized spacial score (nSPS) is 22.7. The van der Waals surface area contributed by atoms with Gasteiger partial charge in [0, 0.05) is 44.4 Å². The topological polar surface area (TPSA) is 74.2 Å². The molecule has 2 fully saturated rings. The predicted octanol–water partition coefficient (Wildman–Crippen LogP) is 0.743. The van der Waals surface area contributed by atoms with Gasteiger partial charge in [0.05, 0.1) is 6.54 Å². The Hall–Kier alpha value is -1.63. The van der Waals surface area contributed by atoms with Crippen molar-refractivity contribution in [2.75, 3.05) is 26.7 Å². The number of nitrogens with zero attached hydrogens (tertiary/aromatic N) is 3. The Labute approximate surface area is 143 Å². The number of carbonyl (C=O) groups excluding carboxylic acids is 2. The van der Waals surface area contributed by atoms with Crippen molar-refractivity contribution < 1.29 is 14.4 Å². The lowest BCUT2D eigenvalue weighted by Crippen LogP contribution is -2.50. The summed E-state index contributed by atoms with van der Waals surface area (Å²) in [7, 11) is 1.96. The molecule has 2 heterocycles. The summed E-state index contributed by atoms with van der Waals surface area (Å²) >= 11 is 0. The van der Waals surface area contributed by atoms with Gasteiger partial charge in [0.1, 0.15) is 11.3 Å². The molecule has 7 nitrogen and oxygen atoms in total. The molecule has 2 aliphatic heterocycles. The molecule has 24 heavy (non-hydrogen) atoms. The van der Waals surface area contributed by atoms with E-state index in [1.807, 2.05) is 16.8 Å². The maximum atomic E-state index is 12.4. The van der Waals surface area contributed by atoms with Crippen LogP contribution in [0, 0.1) is 0 Å². The predicted molar refractivity (Wildman–Crippen MR) is 90.6 cm³/mol. The highest BCUT2D eigenvalue weighted by molar-refractivity contribution is 6.39. The van der Waals surface area contributed by atoms with Gasteiger partial charge in [0.25, 0.3) is 5.91 Å². The van der Waals surface area contributed by atoms with E-state index in [4.69, 9.17) is 4.84 Å². The third-order valence-corrected chi connectivity index (χ3v) is 5.31. The molecule has 1 N–H and O–H groups in total. The van der Waals surface area contributed by atoms with E-state index < -0.39 is 5.60 Å². The molecule has 0 bridgehead atoms. The standard InChI is InChI=1S/C17H28N4O3/c1-12(2)20(3)11-15(22)21-8-6-17(7-9-21)10-14(19-24-17)16(23)18-13-4-5-13/h12-13H,4-11H2,1-3H3,(H,18,23). The molecular weight excluding hydrogens is 308 g/mol. The fourth-order valence-electron chi connectivity index (χ4n) is 3.07. The number of piperidine rings is 1. The first kappa shape index (κ1) is 17.2. The number of likely N-dealkylation sites (tertiary alicyclic amines) is 1. The molecule has 0 aromatic carbocycles. The summed E-state index contributed by atoms with van der Waals surface area (Å²) in [5.41, 5.74) is 0.109. The van der Waals surface area contributed by atoms with Crippen molar-refractivity contribution in [3.05, 3.63) is 0 Å². The highest BCUT2D eigenvalue weighted by atomic mass is 16.7. The number of oxime groups is 1. The number of rotatable bonds is 5. The van der Waals surface area contributed by atoms with Gasteiger partial charge in [-0.25, -0.2) is 0 Å². The molecule has 2 amide bonds. The maximum Gasteiger partial charge on any atom is 0.269 e. The van der Waals surface area contributed by atoms with Gasteiger partial charge in [0.15, 0.2) is 0 Å². The van der Waals surface area contributed by atoms with Gasteiger partial charge in [-0.3, -0.25) is 14.5 Å². The second-order valence-electron chi connectivity index (χ2n) is 7.63. The summed E-state index contributed by atoms with van der Waals surface area (Å²) < 4.78 is 0. The molecule has 7 heteroatoms. The van der Waals surface area contributed by atoms with Crippen LogP contribution in [0.5, 0.6) is 0 Å². The molecule has 0 unspecified atom stereocenters. The van der Waals surface area contributed by atoms with Crippen molar-refractivity contribution in [1.82, 2.24) is 15.1 Å². The quantitative estimate of drug-likeness (QED) is 0.804. The van der Waals surface area contributed by atoms with E-state index in [2.05, 4.69) is 24.3 Å². The minimum Gasteiger partial charge on any atom is -0.388 e. The van der Waals surface area contributed by atoms with E-state index in [9.17, 15) is 9.59 Å². The monoisotopic (exact) mass is 336 g/mol. The Bertz CT molecular complexity index is 534. The average molecular weight is 336 g/mol. The smallest absolute Gasteiger partial charge is 0.269 e. The molecule has 1 saturated carbocycles. The van der Waals surface area contributed by atoms with E-state index >= 15 is 0 Å². The third kappa shape index (κ3) is 3.88. The summed E-state index contributed by atoms with van der Waals surface area (Å²) in [4.78, 5) is 34.0. The fourth-order valence-corrected chi connectivity index (χ4v) is 3.07. The molecule has 0 atom stereocenters. The highest BCUT2D eigenvalue weighted by Crippen LogP contribution is 2.35. The van der Waals surface area contributed by atoms with Crippen LogP contribution in [0.2, 0.25) is 0 Å². The van der Waals surface area contributed by atoms with E-state index in [0.29, 0.717) is 43.9 Å². The minimum absolute atomic E-state index is 0.0913. The summed E-state index contributed by atoms with van der Waals surface area (Å²) in [6.45, 7) is 5.93. The molecule has 0 aromatic rings. The van der Waals surface area contributed by atoms with Gasteiger partial charge in [-0.1, -0.05) is 5.16 Å². The summed E-state index contributed by atoms with van der Waals surface area (Å²) in [5.74, 6) is 0.0677. The first-order chi connectivity index (χ1) is 11.4. The lowest BCUT2D eigenvalue weighted by atomic mass is 9.86. The molecule has 1 spiro atoms. The van der Waals surface area contributed by atoms with Gasteiger partial charge < -0.3 is 15.1 Å². The number of hydrogen-bond donors (Lipinski definition) is 1. The number of likely N-dealkylation sites (N-methyl/N-ethyl adjacent to an activating group) is 1. The van der Waals surface area contributed by atoms with Gasteiger partial charge in [-0.05, 0) is 33.7 Å². The zero-order valence-corrected chi connectivity index (χ0v) is 14.9. The van der Waals surface area contributed by atoms with Crippen molar-refractivity contribution >= 4 is 17.5 Å². The third-order valence-electron chi connectivity index (χ3n) is 5.31. The highest BCUT2D eigenvalue weighted by Gasteiger charge is 2.45. The Morgan fingerprint density at radius 2 is 2.04 bits per heavy atom. The van der Waals surface area contributed by atoms with Crippen molar-refractivity contribution in [3.8, 4) is 0 Å². The van der Waals surface area contributed by atoms with E-state index in [0.717, 1.165) is 25.7 Å². The van der Waals surface area contributed by atoms with Crippen LogP contribution in [0.1, 0.15) is 46.0 Å². The van der Waals surface area contributed by atoms with Crippen LogP contribution in [-0.2, 0) is 14.4 Å². The number of hydrogen-bond acceptors (Lipinski definition) is 5. The van der Waals surface area contributed by atoms with Crippen LogP contribution < -0.4 is 5.32 Å². The largest absolute Gasteiger partial charge is 0.388 e. The van der Waals surface area contributed by atoms with Crippen molar-refractivity contribution in [2.24, 2.45) is 5.16 Å². The molecule has 1 saturated heterocycles. The fraction of sp³-hybridized carbons (Fsp3) is 0.824. The van der Waals surface area contributed by atoms with Crippen LogP contribution in [0.3, 0.4) is 0 Å². The van der Waals surface area contributed by atoms with Crippen molar-refractivity contribution in [2.45, 2.75) is 63.6 Å². The lowest BCUT2D eigenvalue weighted by molar-refractivity contribution is -0.138. The first-order valence-electron chi connectivity index (χ1n) is 8.92. The zero-order chi connectivity index (χ0) is 17.3. The summed E-state index contributed by atoms with van der Waals surface area (Å²) in [6.07, 6.45) is 4.14. The number of amides is 2. The van der Waals surface area contributed by atoms with Crippen LogP contribution in [0.4, 0.5) is 0 Å². The van der Waals surface area contributed by atoms with Gasteiger partial charge in [-0.15, -0.1) is 0 Å². The van der Waals surface area contributed by atoms with Crippen LogP contribution in [-0.4, -0.2) is 71.7 Å². The number of carbonyl (C=O) groups is 2. The molecule has 0 radical (unpaired) electrons. The Morgan fingerprint density at radius 3 is 2.62 bits per heavy atom. The summed E-state index contributed by atoms with van der Waals surface area (Å²) in [5, 5.41) is 6.98. The number of nitrogens with one attached hydrogen (secondary N) is 1. The van der Waals surface area contributed by atoms with Gasteiger partial charge >= 0.3 is 0 Å². The van der Waals surface area contributed by atoms with E-state index in [1.165, 1.54) is 0 Å². The van der Waals surface area contributed by atoms with Crippen molar-refractivity contribution in [1.29, 1.82) is 0 Å². The Morgan fingerprint density at radius 1 is 1.38 bits per heavy atom. The molecular formula is C17H28N4O3. The lowest BCUT2D eigenvalue weighted by Gasteiger charge is -2.38. The molecule has 1 aliphatic carbocycles. The molecule has 3 rings (SSSR count). The Kier molecular flexibility index (Phi) is 4.80. The molecule has 134 valence electrons. The van der Waals surface area contributed by atoms with Gasteiger partial charge in [0.2, 0.25) is 5.91 Å². The van der Waals surface area contributed by atoms with Crippen molar-refractivity contribution in [3.63, 3.8) is 0 Å². The maximum absolute atomic E-state index is 12.4. The molecule has 3 aliphatic rings. The first-order valence-corrected chi connectivity index (χ1v) is 8.92. The van der Waals surface area contributed by atoms with Gasteiger partial charge in [-0.2, -0.15) is 0 Å². The second kappa shape index (κ2) is 6.70. The SMILES string of the molecule is CC(C)N(C)CC(=O)N1CCC2(CC1)CC(C(=O)NC1CC1)=NO2. The van der Waals surface area contributed by atoms with E-state index in [-0.39, 0.29) is 11.8 Å². The molecule has 0 aromatic heterocycles. The average Bonchev–Trinajstić information content (AvgIpc) is 3.27. The minimum atomic E-state index is -0.392. The van der Waals surface area contributed by atoms with E-state index in [1.54, 1.807) is 0 Å². The van der Waals surface area contributed by atoms with Crippen LogP contribution in [0.15, 0.2) is 5.16 Å². The van der Waals surface area contributed by atoms with Crippen LogP contribution >= 0.6 is 0 Å².